The van der Waals surface area contributed by atoms with E-state index in [4.69, 9.17) is 25.2 Å². The van der Waals surface area contributed by atoms with E-state index in [2.05, 4.69) is 77.6 Å². The van der Waals surface area contributed by atoms with Gasteiger partial charge >= 0.3 is 0 Å². The van der Waals surface area contributed by atoms with Crippen molar-refractivity contribution >= 4 is 17.2 Å². The number of aliphatic imine (C=N–C) groups is 2. The third-order valence-electron chi connectivity index (χ3n) is 9.03. The molecule has 0 aliphatic carbocycles. The summed E-state index contributed by atoms with van der Waals surface area (Å²) < 4.78 is 12.6. The van der Waals surface area contributed by atoms with Crippen LogP contribution >= 0.6 is 0 Å². The van der Waals surface area contributed by atoms with Gasteiger partial charge in [-0.15, -0.1) is 0 Å². The van der Waals surface area contributed by atoms with Gasteiger partial charge in [-0.05, 0) is 98.5 Å². The molecule has 5 heteroatoms. The summed E-state index contributed by atoms with van der Waals surface area (Å²) in [5.74, 6) is 3.35. The predicted octanol–water partition coefficient (Wildman–Crippen LogP) is 11.3. The van der Waals surface area contributed by atoms with Crippen LogP contribution in [0.5, 0.6) is 11.5 Å². The summed E-state index contributed by atoms with van der Waals surface area (Å²) in [5.41, 5.74) is 12.4. The van der Waals surface area contributed by atoms with Gasteiger partial charge in [-0.1, -0.05) is 116 Å². The molecule has 0 spiro atoms. The molecule has 3 rings (SSSR count). The SMILES string of the molecule is C=C(N=C(N=C(C)c1ccc(C(C)C)cc1)c1ccc(OCC(CC)CCCC)cc1C)c1ccccc1OCCCCCCCCN. The highest BCUT2D eigenvalue weighted by Gasteiger charge is 2.14. The highest BCUT2D eigenvalue weighted by atomic mass is 16.5. The zero-order chi connectivity index (χ0) is 34.7. The van der Waals surface area contributed by atoms with E-state index >= 15 is 0 Å². The van der Waals surface area contributed by atoms with Gasteiger partial charge < -0.3 is 15.2 Å². The minimum Gasteiger partial charge on any atom is -0.493 e. The van der Waals surface area contributed by atoms with E-state index in [1.54, 1.807) is 0 Å². The molecule has 0 aliphatic heterocycles. The summed E-state index contributed by atoms with van der Waals surface area (Å²) in [7, 11) is 0. The fraction of sp³-hybridized carbons (Fsp3) is 0.488. The first kappa shape index (κ1) is 38.7. The lowest BCUT2D eigenvalue weighted by Crippen LogP contribution is -2.12. The van der Waals surface area contributed by atoms with E-state index in [-0.39, 0.29) is 0 Å². The van der Waals surface area contributed by atoms with Gasteiger partial charge in [0.1, 0.15) is 11.5 Å². The minimum absolute atomic E-state index is 0.475. The van der Waals surface area contributed by atoms with Gasteiger partial charge in [0.15, 0.2) is 5.84 Å². The van der Waals surface area contributed by atoms with Crippen molar-refractivity contribution < 1.29 is 9.47 Å². The zero-order valence-electron chi connectivity index (χ0n) is 30.7. The third kappa shape index (κ3) is 12.7. The van der Waals surface area contributed by atoms with Crippen molar-refractivity contribution in [1.29, 1.82) is 0 Å². The normalized spacial score (nSPS) is 12.8. The lowest BCUT2D eigenvalue weighted by molar-refractivity contribution is 0.233. The van der Waals surface area contributed by atoms with Gasteiger partial charge in [-0.2, -0.15) is 0 Å². The molecule has 1 atom stereocenters. The molecule has 1 unspecified atom stereocenters. The summed E-state index contributed by atoms with van der Waals surface area (Å²) in [4.78, 5) is 10.2. The number of nitrogens with two attached hydrogens (primary N) is 1. The van der Waals surface area contributed by atoms with Crippen molar-refractivity contribution in [3.05, 3.63) is 101 Å². The van der Waals surface area contributed by atoms with Crippen LogP contribution in [0.15, 0.2) is 83.3 Å². The monoisotopic (exact) mass is 651 g/mol. The lowest BCUT2D eigenvalue weighted by Gasteiger charge is -2.17. The molecule has 0 aliphatic rings. The van der Waals surface area contributed by atoms with E-state index in [0.29, 0.717) is 30.0 Å². The smallest absolute Gasteiger partial charge is 0.160 e. The summed E-state index contributed by atoms with van der Waals surface area (Å²) in [6, 6.07) is 22.9. The molecule has 0 amide bonds. The number of hydrogen-bond donors (Lipinski definition) is 1. The van der Waals surface area contributed by atoms with Crippen molar-refractivity contribution in [1.82, 2.24) is 0 Å². The Hall–Kier alpha value is -3.70. The van der Waals surface area contributed by atoms with Crippen molar-refractivity contribution in [3.8, 4) is 11.5 Å². The number of para-hydroxylation sites is 1. The average Bonchev–Trinajstić information content (AvgIpc) is 3.09. The van der Waals surface area contributed by atoms with Crippen molar-refractivity contribution in [2.75, 3.05) is 19.8 Å². The van der Waals surface area contributed by atoms with Crippen molar-refractivity contribution in [2.24, 2.45) is 21.6 Å². The number of amidine groups is 1. The van der Waals surface area contributed by atoms with Crippen LogP contribution in [-0.4, -0.2) is 31.3 Å². The Balaban J connectivity index is 1.88. The topological polar surface area (TPSA) is 69.2 Å². The lowest BCUT2D eigenvalue weighted by atomic mass is 10.0. The number of hydrogen-bond acceptors (Lipinski definition) is 4. The number of unbranched alkanes of at least 4 members (excludes halogenated alkanes) is 6. The Bertz CT molecular complexity index is 1460. The summed E-state index contributed by atoms with van der Waals surface area (Å²) >= 11 is 0. The molecule has 0 saturated heterocycles. The molecular formula is C43H61N3O2. The molecule has 0 bridgehead atoms. The van der Waals surface area contributed by atoms with Gasteiger partial charge in [-0.25, -0.2) is 9.98 Å². The first-order valence-corrected chi connectivity index (χ1v) is 18.4. The molecule has 5 nitrogen and oxygen atoms in total. The predicted molar refractivity (Wildman–Crippen MR) is 207 cm³/mol. The summed E-state index contributed by atoms with van der Waals surface area (Å²) in [6.07, 6.45) is 11.7. The maximum atomic E-state index is 6.28. The zero-order valence-corrected chi connectivity index (χ0v) is 30.7. The van der Waals surface area contributed by atoms with Crippen LogP contribution < -0.4 is 15.2 Å². The Morgan fingerprint density at radius 2 is 1.52 bits per heavy atom. The highest BCUT2D eigenvalue weighted by molar-refractivity contribution is 6.13. The number of ether oxygens (including phenoxy) is 2. The highest BCUT2D eigenvalue weighted by Crippen LogP contribution is 2.28. The van der Waals surface area contributed by atoms with Gasteiger partial charge in [0.05, 0.1) is 18.9 Å². The van der Waals surface area contributed by atoms with E-state index in [1.165, 1.54) is 44.1 Å². The van der Waals surface area contributed by atoms with Gasteiger partial charge in [0.2, 0.25) is 0 Å². The summed E-state index contributed by atoms with van der Waals surface area (Å²) in [5, 5.41) is 0. The maximum absolute atomic E-state index is 6.28. The van der Waals surface area contributed by atoms with Gasteiger partial charge in [0, 0.05) is 16.8 Å². The standard InChI is InChI=1S/C43H61N3O2/c1-8-10-19-36(9-2)31-48-39-26-27-40(33(5)30-39)43(45-34(6)38-24-22-37(23-25-38)32(3)4)46-35(7)41-20-15-16-21-42(41)47-29-18-14-12-11-13-17-28-44/h15-16,20-27,30,32,36H,7-14,17-19,28-29,31,44H2,1-6H3. The molecule has 48 heavy (non-hydrogen) atoms. The Labute approximate surface area is 291 Å². The largest absolute Gasteiger partial charge is 0.493 e. The van der Waals surface area contributed by atoms with E-state index in [0.717, 1.165) is 78.3 Å². The van der Waals surface area contributed by atoms with Crippen LogP contribution in [0, 0.1) is 12.8 Å². The van der Waals surface area contributed by atoms with Crippen LogP contribution in [-0.2, 0) is 0 Å². The Kier molecular flexibility index (Phi) is 17.2. The summed E-state index contributed by atoms with van der Waals surface area (Å²) in [6.45, 7) is 19.7. The number of aryl methyl sites for hydroxylation is 1. The fourth-order valence-electron chi connectivity index (χ4n) is 5.72. The van der Waals surface area contributed by atoms with Crippen LogP contribution in [0.4, 0.5) is 0 Å². The van der Waals surface area contributed by atoms with E-state index in [1.807, 2.05) is 37.3 Å². The third-order valence-corrected chi connectivity index (χ3v) is 9.03. The van der Waals surface area contributed by atoms with Crippen LogP contribution in [0.2, 0.25) is 0 Å². The molecule has 0 radical (unpaired) electrons. The average molecular weight is 652 g/mol. The van der Waals surface area contributed by atoms with Gasteiger partial charge in [0.25, 0.3) is 0 Å². The molecule has 0 aromatic heterocycles. The van der Waals surface area contributed by atoms with Crippen molar-refractivity contribution in [3.63, 3.8) is 0 Å². The molecule has 0 fully saturated rings. The molecule has 0 heterocycles. The first-order valence-electron chi connectivity index (χ1n) is 18.4. The van der Waals surface area contributed by atoms with Crippen molar-refractivity contribution in [2.45, 2.75) is 112 Å². The second-order valence-electron chi connectivity index (χ2n) is 13.3. The fourth-order valence-corrected chi connectivity index (χ4v) is 5.72. The molecule has 3 aromatic rings. The van der Waals surface area contributed by atoms with Crippen LogP contribution in [0.1, 0.15) is 133 Å². The second-order valence-corrected chi connectivity index (χ2v) is 13.3. The quantitative estimate of drug-likeness (QED) is 0.0708. The molecular weight excluding hydrogens is 590 g/mol. The van der Waals surface area contributed by atoms with Crippen LogP contribution in [0.25, 0.3) is 5.70 Å². The van der Waals surface area contributed by atoms with Crippen LogP contribution in [0.3, 0.4) is 0 Å². The molecule has 3 aromatic carbocycles. The Morgan fingerprint density at radius 1 is 0.812 bits per heavy atom. The van der Waals surface area contributed by atoms with Gasteiger partial charge in [-0.3, -0.25) is 0 Å². The van der Waals surface area contributed by atoms with E-state index in [9.17, 15) is 0 Å². The minimum atomic E-state index is 0.475. The Morgan fingerprint density at radius 3 is 2.19 bits per heavy atom. The van der Waals surface area contributed by atoms with E-state index < -0.39 is 0 Å². The maximum Gasteiger partial charge on any atom is 0.160 e. The first-order chi connectivity index (χ1) is 23.3. The molecule has 260 valence electrons. The molecule has 2 N–H and O–H groups in total. The number of nitrogens with zero attached hydrogens (tertiary/aromatic N) is 2. The number of rotatable bonds is 21. The molecule has 0 saturated carbocycles. The second kappa shape index (κ2) is 21.3. The number of benzene rings is 3.